The summed E-state index contributed by atoms with van der Waals surface area (Å²) in [7, 11) is -3.89. The van der Waals surface area contributed by atoms with E-state index in [0.29, 0.717) is 5.56 Å². The fourth-order valence-electron chi connectivity index (χ4n) is 1.87. The first-order chi connectivity index (χ1) is 11.2. The third kappa shape index (κ3) is 4.45. The Morgan fingerprint density at radius 3 is 2.58 bits per heavy atom. The molecule has 0 amide bonds. The van der Waals surface area contributed by atoms with E-state index in [9.17, 15) is 17.6 Å². The van der Waals surface area contributed by atoms with E-state index in [1.165, 1.54) is 24.3 Å². The van der Waals surface area contributed by atoms with Crippen molar-refractivity contribution in [3.8, 4) is 5.75 Å². The molecule has 0 aliphatic carbocycles. The average molecular weight is 418 g/mol. The zero-order valence-corrected chi connectivity index (χ0v) is 14.8. The highest BCUT2D eigenvalue weighted by Gasteiger charge is 2.17. The molecule has 0 unspecified atom stereocenters. The molecule has 0 aliphatic heterocycles. The molecule has 0 bridgehead atoms. The van der Waals surface area contributed by atoms with Crippen molar-refractivity contribution in [2.75, 3.05) is 11.3 Å². The number of hydrogen-bond donors (Lipinski definition) is 2. The normalized spacial score (nSPS) is 11.1. The maximum Gasteiger partial charge on any atom is 0.341 e. The number of anilines is 1. The van der Waals surface area contributed by atoms with E-state index in [1.54, 1.807) is 6.92 Å². The third-order valence-electron chi connectivity index (χ3n) is 2.98. The molecule has 0 fully saturated rings. The summed E-state index contributed by atoms with van der Waals surface area (Å²) in [5.74, 6) is -1.35. The number of halogens is 2. The Morgan fingerprint density at radius 2 is 2.00 bits per heavy atom. The van der Waals surface area contributed by atoms with Crippen LogP contribution in [-0.4, -0.2) is 26.1 Å². The number of ether oxygens (including phenoxy) is 1. The Balaban J connectivity index is 2.26. The Morgan fingerprint density at radius 1 is 1.29 bits per heavy atom. The van der Waals surface area contributed by atoms with Crippen molar-refractivity contribution in [2.24, 2.45) is 0 Å². The number of carboxylic acids is 1. The molecule has 0 aliphatic rings. The SMILES string of the molecule is Cc1cc(S(=O)(=O)Nc2ccc(F)cc2Br)ccc1OCC(=O)O. The number of aliphatic carboxylic acids is 1. The fourth-order valence-corrected chi connectivity index (χ4v) is 3.61. The van der Waals surface area contributed by atoms with Gasteiger partial charge in [-0.2, -0.15) is 0 Å². The van der Waals surface area contributed by atoms with Crippen molar-refractivity contribution < 1.29 is 27.4 Å². The second-order valence-electron chi connectivity index (χ2n) is 4.84. The molecule has 0 saturated heterocycles. The summed E-state index contributed by atoms with van der Waals surface area (Å²) in [5, 5.41) is 8.60. The highest BCUT2D eigenvalue weighted by Crippen LogP contribution is 2.27. The molecule has 6 nitrogen and oxygen atoms in total. The predicted octanol–water partition coefficient (Wildman–Crippen LogP) is 3.16. The first-order valence-corrected chi connectivity index (χ1v) is 8.90. The van der Waals surface area contributed by atoms with Crippen LogP contribution in [0.25, 0.3) is 0 Å². The quantitative estimate of drug-likeness (QED) is 0.752. The van der Waals surface area contributed by atoms with E-state index in [1.807, 2.05) is 0 Å². The molecule has 0 aromatic heterocycles. The maximum absolute atomic E-state index is 13.1. The van der Waals surface area contributed by atoms with Gasteiger partial charge in [0, 0.05) is 4.47 Å². The molecule has 0 atom stereocenters. The van der Waals surface area contributed by atoms with Gasteiger partial charge in [-0.25, -0.2) is 17.6 Å². The first kappa shape index (κ1) is 18.2. The third-order valence-corrected chi connectivity index (χ3v) is 5.00. The molecule has 128 valence electrons. The molecule has 24 heavy (non-hydrogen) atoms. The van der Waals surface area contributed by atoms with Crippen LogP contribution in [0.15, 0.2) is 45.8 Å². The summed E-state index contributed by atoms with van der Waals surface area (Å²) < 4.78 is 45.6. The van der Waals surface area contributed by atoms with Gasteiger partial charge in [-0.3, -0.25) is 4.72 Å². The molecule has 0 spiro atoms. The number of carbonyl (C=O) groups is 1. The first-order valence-electron chi connectivity index (χ1n) is 6.62. The van der Waals surface area contributed by atoms with Crippen molar-refractivity contribution in [2.45, 2.75) is 11.8 Å². The standard InChI is InChI=1S/C15H13BrFNO5S/c1-9-6-11(3-5-14(9)23-8-15(19)20)24(21,22)18-13-4-2-10(17)7-12(13)16/h2-7,18H,8H2,1H3,(H,19,20). The van der Waals surface area contributed by atoms with Gasteiger partial charge < -0.3 is 9.84 Å². The Hall–Kier alpha value is -2.13. The van der Waals surface area contributed by atoms with E-state index in [4.69, 9.17) is 9.84 Å². The van der Waals surface area contributed by atoms with E-state index in [2.05, 4.69) is 20.7 Å². The van der Waals surface area contributed by atoms with Gasteiger partial charge in [0.25, 0.3) is 10.0 Å². The largest absolute Gasteiger partial charge is 0.482 e. The van der Waals surface area contributed by atoms with Crippen LogP contribution >= 0.6 is 15.9 Å². The minimum absolute atomic E-state index is 0.0288. The van der Waals surface area contributed by atoms with E-state index >= 15 is 0 Å². The minimum Gasteiger partial charge on any atom is -0.482 e. The number of hydrogen-bond acceptors (Lipinski definition) is 4. The molecule has 2 aromatic carbocycles. The van der Waals surface area contributed by atoms with Crippen LogP contribution in [0, 0.1) is 12.7 Å². The van der Waals surface area contributed by atoms with Gasteiger partial charge in [-0.15, -0.1) is 0 Å². The van der Waals surface area contributed by atoms with Crippen LogP contribution in [0.4, 0.5) is 10.1 Å². The highest BCUT2D eigenvalue weighted by molar-refractivity contribution is 9.10. The van der Waals surface area contributed by atoms with Crippen LogP contribution in [0.3, 0.4) is 0 Å². The highest BCUT2D eigenvalue weighted by atomic mass is 79.9. The van der Waals surface area contributed by atoms with Gasteiger partial charge in [0.1, 0.15) is 11.6 Å². The lowest BCUT2D eigenvalue weighted by Gasteiger charge is -2.12. The van der Waals surface area contributed by atoms with E-state index in [0.717, 1.165) is 12.1 Å². The number of rotatable bonds is 6. The predicted molar refractivity (Wildman–Crippen MR) is 89.2 cm³/mol. The Bertz CT molecular complexity index is 885. The number of benzene rings is 2. The molecule has 2 rings (SSSR count). The van der Waals surface area contributed by atoms with Gasteiger partial charge in [-0.05, 0) is 64.8 Å². The lowest BCUT2D eigenvalue weighted by molar-refractivity contribution is -0.139. The topological polar surface area (TPSA) is 92.7 Å². The molecule has 2 N–H and O–H groups in total. The zero-order chi connectivity index (χ0) is 17.9. The summed E-state index contributed by atoms with van der Waals surface area (Å²) in [6.07, 6.45) is 0. The van der Waals surface area contributed by atoms with E-state index < -0.39 is 28.4 Å². The minimum atomic E-state index is -3.89. The second-order valence-corrected chi connectivity index (χ2v) is 7.38. The second kappa shape index (κ2) is 7.18. The fraction of sp³-hybridized carbons (Fsp3) is 0.133. The van der Waals surface area contributed by atoms with Crippen LogP contribution in [0.2, 0.25) is 0 Å². The van der Waals surface area contributed by atoms with Crippen molar-refractivity contribution in [3.05, 3.63) is 52.3 Å². The maximum atomic E-state index is 13.1. The Labute approximate surface area is 146 Å². The number of sulfonamides is 1. The molecule has 2 aromatic rings. The summed E-state index contributed by atoms with van der Waals surface area (Å²) in [6, 6.07) is 7.62. The molecule has 0 heterocycles. The van der Waals surface area contributed by atoms with Gasteiger partial charge >= 0.3 is 5.97 Å². The summed E-state index contributed by atoms with van der Waals surface area (Å²) in [5.41, 5.74) is 0.664. The molecular formula is C15H13BrFNO5S. The Kier molecular flexibility index (Phi) is 5.45. The zero-order valence-electron chi connectivity index (χ0n) is 12.4. The van der Waals surface area contributed by atoms with Gasteiger partial charge in [0.05, 0.1) is 10.6 Å². The van der Waals surface area contributed by atoms with Crippen LogP contribution in [-0.2, 0) is 14.8 Å². The monoisotopic (exact) mass is 417 g/mol. The lowest BCUT2D eigenvalue weighted by atomic mass is 10.2. The van der Waals surface area contributed by atoms with E-state index in [-0.39, 0.29) is 20.8 Å². The van der Waals surface area contributed by atoms with Crippen molar-refractivity contribution in [1.29, 1.82) is 0 Å². The van der Waals surface area contributed by atoms with Gasteiger partial charge in [0.15, 0.2) is 6.61 Å². The van der Waals surface area contributed by atoms with Crippen LogP contribution < -0.4 is 9.46 Å². The average Bonchev–Trinajstić information content (AvgIpc) is 2.48. The number of aryl methyl sites for hydroxylation is 1. The molecule has 0 saturated carbocycles. The summed E-state index contributed by atoms with van der Waals surface area (Å²) >= 11 is 3.09. The lowest BCUT2D eigenvalue weighted by Crippen LogP contribution is -2.14. The van der Waals surface area contributed by atoms with Crippen molar-refractivity contribution in [1.82, 2.24) is 0 Å². The van der Waals surface area contributed by atoms with Gasteiger partial charge in [0.2, 0.25) is 0 Å². The summed E-state index contributed by atoms with van der Waals surface area (Å²) in [6.45, 7) is 1.08. The molecule has 9 heteroatoms. The van der Waals surface area contributed by atoms with Gasteiger partial charge in [-0.1, -0.05) is 0 Å². The van der Waals surface area contributed by atoms with Crippen LogP contribution in [0.5, 0.6) is 5.75 Å². The summed E-state index contributed by atoms with van der Waals surface area (Å²) in [4.78, 5) is 10.5. The molecular weight excluding hydrogens is 405 g/mol. The number of carboxylic acid groups (broad SMARTS) is 1. The van der Waals surface area contributed by atoms with Crippen LogP contribution in [0.1, 0.15) is 5.56 Å². The smallest absolute Gasteiger partial charge is 0.341 e. The van der Waals surface area contributed by atoms with Crippen molar-refractivity contribution >= 4 is 37.6 Å². The number of nitrogens with one attached hydrogen (secondary N) is 1. The van der Waals surface area contributed by atoms with Crippen molar-refractivity contribution in [3.63, 3.8) is 0 Å². The molecule has 0 radical (unpaired) electrons.